The van der Waals surface area contributed by atoms with Gasteiger partial charge in [-0.3, -0.25) is 4.79 Å². The van der Waals surface area contributed by atoms with E-state index in [1.165, 1.54) is 25.1 Å². The Labute approximate surface area is 145 Å². The summed E-state index contributed by atoms with van der Waals surface area (Å²) >= 11 is 11.7. The van der Waals surface area contributed by atoms with Crippen molar-refractivity contribution in [2.24, 2.45) is 0 Å². The molecule has 0 saturated carbocycles. The Kier molecular flexibility index (Phi) is 6.27. The van der Waals surface area contributed by atoms with Crippen LogP contribution in [-0.4, -0.2) is 39.7 Å². The van der Waals surface area contributed by atoms with E-state index in [2.05, 4.69) is 0 Å². The van der Waals surface area contributed by atoms with E-state index in [1.54, 1.807) is 0 Å². The maximum atomic E-state index is 12.3. The first-order valence-electron chi connectivity index (χ1n) is 7.05. The van der Waals surface area contributed by atoms with Crippen molar-refractivity contribution in [3.8, 4) is 0 Å². The predicted octanol–water partition coefficient (Wildman–Crippen LogP) is 2.38. The van der Waals surface area contributed by atoms with Gasteiger partial charge in [-0.2, -0.15) is 0 Å². The third-order valence-electron chi connectivity index (χ3n) is 3.35. The van der Waals surface area contributed by atoms with Gasteiger partial charge in [0.2, 0.25) is 0 Å². The highest BCUT2D eigenvalue weighted by Crippen LogP contribution is 2.28. The molecule has 1 amide bonds. The highest BCUT2D eigenvalue weighted by Gasteiger charge is 2.27. The van der Waals surface area contributed by atoms with Gasteiger partial charge in [-0.15, -0.1) is 0 Å². The van der Waals surface area contributed by atoms with Gasteiger partial charge in [0.25, 0.3) is 15.9 Å². The van der Waals surface area contributed by atoms with Crippen LogP contribution in [0.5, 0.6) is 0 Å². The Morgan fingerprint density at radius 1 is 1.43 bits per heavy atom. The summed E-state index contributed by atoms with van der Waals surface area (Å²) < 4.78 is 37.2. The van der Waals surface area contributed by atoms with Crippen LogP contribution < -0.4 is 4.72 Å². The largest absolute Gasteiger partial charge is 0.376 e. The molecule has 1 aromatic rings. The van der Waals surface area contributed by atoms with Crippen molar-refractivity contribution in [2.75, 3.05) is 13.2 Å². The van der Waals surface area contributed by atoms with Crippen molar-refractivity contribution in [3.05, 3.63) is 28.2 Å². The van der Waals surface area contributed by atoms with E-state index in [9.17, 15) is 13.2 Å². The van der Waals surface area contributed by atoms with E-state index in [0.717, 1.165) is 12.8 Å². The second kappa shape index (κ2) is 7.81. The number of halogens is 2. The number of ether oxygens (including phenoxy) is 2. The first-order valence-corrected chi connectivity index (χ1v) is 9.29. The van der Waals surface area contributed by atoms with Crippen LogP contribution in [-0.2, 0) is 24.3 Å². The molecule has 1 heterocycles. The first-order chi connectivity index (χ1) is 10.8. The van der Waals surface area contributed by atoms with Crippen molar-refractivity contribution >= 4 is 39.1 Å². The monoisotopic (exact) mass is 381 g/mol. The molecule has 0 spiro atoms. The summed E-state index contributed by atoms with van der Waals surface area (Å²) in [6.07, 6.45) is 0.811. The van der Waals surface area contributed by atoms with Crippen LogP contribution >= 0.6 is 23.2 Å². The van der Waals surface area contributed by atoms with Crippen molar-refractivity contribution in [2.45, 2.75) is 36.9 Å². The summed E-state index contributed by atoms with van der Waals surface area (Å²) in [6.45, 7) is 2.38. The molecule has 23 heavy (non-hydrogen) atoms. The molecule has 6 nitrogen and oxygen atoms in total. The summed E-state index contributed by atoms with van der Waals surface area (Å²) in [5.41, 5.74) is 0. The number of amides is 1. The zero-order valence-corrected chi connectivity index (χ0v) is 14.7. The van der Waals surface area contributed by atoms with Gasteiger partial charge in [0, 0.05) is 6.61 Å². The lowest BCUT2D eigenvalue weighted by Crippen LogP contribution is -2.39. The fraction of sp³-hybridized carbons (Fsp3) is 0.500. The van der Waals surface area contributed by atoms with Crippen molar-refractivity contribution in [1.29, 1.82) is 0 Å². The van der Waals surface area contributed by atoms with Crippen LogP contribution in [0.3, 0.4) is 0 Å². The Balaban J connectivity index is 2.00. The van der Waals surface area contributed by atoms with Crippen molar-refractivity contribution < 1.29 is 22.7 Å². The summed E-state index contributed by atoms with van der Waals surface area (Å²) in [7, 11) is -4.18. The Morgan fingerprint density at radius 2 is 2.09 bits per heavy atom. The molecule has 1 aromatic carbocycles. The van der Waals surface area contributed by atoms with E-state index in [0.29, 0.717) is 6.61 Å². The average molecular weight is 382 g/mol. The van der Waals surface area contributed by atoms with Gasteiger partial charge in [-0.05, 0) is 31.9 Å². The molecule has 0 radical (unpaired) electrons. The van der Waals surface area contributed by atoms with Gasteiger partial charge >= 0.3 is 0 Å². The Hall–Kier alpha value is -0.860. The molecular formula is C14H17Cl2NO5S. The minimum absolute atomic E-state index is 0.0557. The zero-order chi connectivity index (χ0) is 17.0. The topological polar surface area (TPSA) is 81.7 Å². The molecular weight excluding hydrogens is 365 g/mol. The number of nitrogens with one attached hydrogen (secondary N) is 1. The van der Waals surface area contributed by atoms with Crippen molar-refractivity contribution in [1.82, 2.24) is 4.72 Å². The minimum atomic E-state index is -4.18. The van der Waals surface area contributed by atoms with E-state index < -0.39 is 22.0 Å². The molecule has 1 N–H and O–H groups in total. The van der Waals surface area contributed by atoms with Crippen LogP contribution in [0, 0.1) is 0 Å². The van der Waals surface area contributed by atoms with Crippen LogP contribution in [0.25, 0.3) is 0 Å². The molecule has 0 aliphatic carbocycles. The number of benzene rings is 1. The van der Waals surface area contributed by atoms with Gasteiger partial charge in [0.1, 0.15) is 11.0 Å². The summed E-state index contributed by atoms with van der Waals surface area (Å²) in [5.74, 6) is -0.793. The quantitative estimate of drug-likeness (QED) is 0.817. The molecule has 1 aliphatic heterocycles. The molecule has 2 atom stereocenters. The number of rotatable bonds is 6. The van der Waals surface area contributed by atoms with Gasteiger partial charge in [0.15, 0.2) is 0 Å². The van der Waals surface area contributed by atoms with E-state index >= 15 is 0 Å². The molecule has 1 aliphatic rings. The number of carbonyl (C=O) groups excluding carboxylic acids is 1. The second-order valence-corrected chi connectivity index (χ2v) is 7.56. The Bertz CT molecular complexity index is 653. The SMILES string of the molecule is C[C@H](OC[C@H]1CCCO1)C(=O)NS(=O)(=O)c1c(Cl)cccc1Cl. The van der Waals surface area contributed by atoms with E-state index in [-0.39, 0.29) is 27.7 Å². The number of carbonyl (C=O) groups is 1. The first kappa shape index (κ1) is 18.5. The van der Waals surface area contributed by atoms with E-state index in [1.807, 2.05) is 4.72 Å². The number of hydrogen-bond acceptors (Lipinski definition) is 5. The predicted molar refractivity (Wildman–Crippen MR) is 86.2 cm³/mol. The second-order valence-electron chi connectivity index (χ2n) is 5.13. The van der Waals surface area contributed by atoms with Crippen LogP contribution in [0.4, 0.5) is 0 Å². The lowest BCUT2D eigenvalue weighted by molar-refractivity contribution is -0.131. The van der Waals surface area contributed by atoms with Crippen LogP contribution in [0.2, 0.25) is 10.0 Å². The standard InChI is InChI=1S/C14H17Cl2NO5S/c1-9(22-8-10-4-3-7-21-10)14(18)17-23(19,20)13-11(15)5-2-6-12(13)16/h2,5-6,9-10H,3-4,7-8H2,1H3,(H,17,18)/t9-,10+/m0/s1. The van der Waals surface area contributed by atoms with Crippen LogP contribution in [0.15, 0.2) is 23.1 Å². The van der Waals surface area contributed by atoms with Crippen molar-refractivity contribution in [3.63, 3.8) is 0 Å². The normalized spacial score (nSPS) is 19.5. The fourth-order valence-electron chi connectivity index (χ4n) is 2.11. The smallest absolute Gasteiger partial charge is 0.267 e. The average Bonchev–Trinajstić information content (AvgIpc) is 2.96. The maximum absolute atomic E-state index is 12.3. The molecule has 9 heteroatoms. The van der Waals surface area contributed by atoms with Gasteiger partial charge < -0.3 is 9.47 Å². The van der Waals surface area contributed by atoms with Gasteiger partial charge in [0.05, 0.1) is 22.8 Å². The molecule has 0 bridgehead atoms. The molecule has 0 aromatic heterocycles. The lowest BCUT2D eigenvalue weighted by Gasteiger charge is -2.16. The third kappa shape index (κ3) is 4.81. The van der Waals surface area contributed by atoms with E-state index in [4.69, 9.17) is 32.7 Å². The summed E-state index contributed by atoms with van der Waals surface area (Å²) in [4.78, 5) is 11.7. The third-order valence-corrected chi connectivity index (χ3v) is 5.65. The summed E-state index contributed by atoms with van der Waals surface area (Å²) in [6, 6.07) is 4.27. The fourth-order valence-corrected chi connectivity index (χ4v) is 4.30. The lowest BCUT2D eigenvalue weighted by atomic mass is 10.2. The summed E-state index contributed by atoms with van der Waals surface area (Å²) in [5, 5.41) is -0.128. The van der Waals surface area contributed by atoms with Gasteiger partial charge in [-0.1, -0.05) is 29.3 Å². The minimum Gasteiger partial charge on any atom is -0.376 e. The van der Waals surface area contributed by atoms with Crippen LogP contribution in [0.1, 0.15) is 19.8 Å². The molecule has 1 fully saturated rings. The molecule has 2 rings (SSSR count). The maximum Gasteiger partial charge on any atom is 0.267 e. The highest BCUT2D eigenvalue weighted by molar-refractivity contribution is 7.90. The zero-order valence-electron chi connectivity index (χ0n) is 12.4. The number of hydrogen-bond donors (Lipinski definition) is 1. The molecule has 128 valence electrons. The Morgan fingerprint density at radius 3 is 2.65 bits per heavy atom. The number of sulfonamides is 1. The molecule has 1 saturated heterocycles. The highest BCUT2D eigenvalue weighted by atomic mass is 35.5. The van der Waals surface area contributed by atoms with Gasteiger partial charge in [-0.25, -0.2) is 13.1 Å². The molecule has 0 unspecified atom stereocenters.